The van der Waals surface area contributed by atoms with Gasteiger partial charge in [-0.3, -0.25) is 4.79 Å². The van der Waals surface area contributed by atoms with E-state index < -0.39 is 0 Å². The highest BCUT2D eigenvalue weighted by molar-refractivity contribution is 5.73. The van der Waals surface area contributed by atoms with Gasteiger partial charge in [0.2, 0.25) is 11.9 Å². The molecule has 1 amide bonds. The van der Waals surface area contributed by atoms with Crippen molar-refractivity contribution in [3.8, 4) is 6.07 Å². The third-order valence-corrected chi connectivity index (χ3v) is 4.62. The Hall–Kier alpha value is -3.34. The maximum absolute atomic E-state index is 11.3. The van der Waals surface area contributed by atoms with Gasteiger partial charge in [-0.25, -0.2) is 4.98 Å². The second-order valence-electron chi connectivity index (χ2n) is 6.96. The zero-order chi connectivity index (χ0) is 20.1. The van der Waals surface area contributed by atoms with Crippen molar-refractivity contribution in [3.05, 3.63) is 35.5 Å². The number of nitrogens with zero attached hydrogens (tertiary/aromatic N) is 4. The Kier molecular flexibility index (Phi) is 5.94. The summed E-state index contributed by atoms with van der Waals surface area (Å²) in [6.07, 6.45) is 2.71. The molecule has 146 valence electrons. The van der Waals surface area contributed by atoms with Crippen molar-refractivity contribution in [2.75, 3.05) is 29.0 Å². The summed E-state index contributed by atoms with van der Waals surface area (Å²) in [5.41, 5.74) is 8.31. The lowest BCUT2D eigenvalue weighted by molar-refractivity contribution is -0.119. The van der Waals surface area contributed by atoms with E-state index in [1.54, 1.807) is 18.2 Å². The van der Waals surface area contributed by atoms with Gasteiger partial charge in [0.15, 0.2) is 0 Å². The number of amides is 1. The number of nitrogens with two attached hydrogens (primary N) is 1. The summed E-state index contributed by atoms with van der Waals surface area (Å²) in [4.78, 5) is 22.7. The van der Waals surface area contributed by atoms with Crippen molar-refractivity contribution in [2.45, 2.75) is 39.2 Å². The third kappa shape index (κ3) is 4.68. The Bertz CT molecular complexity index is 906. The summed E-state index contributed by atoms with van der Waals surface area (Å²) < 4.78 is 0. The number of hydrogen-bond donors (Lipinski definition) is 3. The van der Waals surface area contributed by atoms with Gasteiger partial charge in [-0.15, -0.1) is 0 Å². The second-order valence-corrected chi connectivity index (χ2v) is 6.96. The van der Waals surface area contributed by atoms with Gasteiger partial charge in [0, 0.05) is 49.2 Å². The number of nitrogens with one attached hydrogen (secondary N) is 2. The van der Waals surface area contributed by atoms with Crippen LogP contribution in [0.5, 0.6) is 0 Å². The van der Waals surface area contributed by atoms with E-state index in [1.807, 2.05) is 6.07 Å². The molecule has 0 bridgehead atoms. The molecule has 1 unspecified atom stereocenters. The van der Waals surface area contributed by atoms with Crippen LogP contribution in [0.25, 0.3) is 0 Å². The Labute approximate surface area is 164 Å². The summed E-state index contributed by atoms with van der Waals surface area (Å²) in [6.45, 7) is 5.20. The van der Waals surface area contributed by atoms with Gasteiger partial charge in [-0.05, 0) is 31.0 Å². The zero-order valence-corrected chi connectivity index (χ0v) is 16.2. The van der Waals surface area contributed by atoms with Gasteiger partial charge in [0.05, 0.1) is 5.56 Å². The van der Waals surface area contributed by atoms with Crippen molar-refractivity contribution in [1.29, 1.82) is 5.26 Å². The van der Waals surface area contributed by atoms with Crippen molar-refractivity contribution in [1.82, 2.24) is 15.3 Å². The van der Waals surface area contributed by atoms with E-state index in [9.17, 15) is 10.1 Å². The van der Waals surface area contributed by atoms with E-state index in [0.717, 1.165) is 43.9 Å². The van der Waals surface area contributed by atoms with Crippen LogP contribution in [0, 0.1) is 11.3 Å². The largest absolute Gasteiger partial charge is 0.398 e. The van der Waals surface area contributed by atoms with Gasteiger partial charge >= 0.3 is 0 Å². The molecule has 1 aromatic carbocycles. The van der Waals surface area contributed by atoms with Crippen LogP contribution in [0.4, 0.5) is 23.1 Å². The smallest absolute Gasteiger partial charge is 0.229 e. The summed E-state index contributed by atoms with van der Waals surface area (Å²) in [5.74, 6) is 1.31. The molecular formula is C20H25N7O. The average molecular weight is 379 g/mol. The number of aromatic nitrogens is 2. The highest BCUT2D eigenvalue weighted by Gasteiger charge is 2.24. The molecule has 1 aliphatic heterocycles. The lowest BCUT2D eigenvalue weighted by Crippen LogP contribution is -2.35. The molecule has 1 fully saturated rings. The monoisotopic (exact) mass is 379 g/mol. The molecule has 2 heterocycles. The van der Waals surface area contributed by atoms with Gasteiger partial charge < -0.3 is 21.3 Å². The lowest BCUT2D eigenvalue weighted by Gasteiger charge is -2.19. The van der Waals surface area contributed by atoms with Crippen LogP contribution in [0.3, 0.4) is 0 Å². The fraction of sp³-hybridized carbons (Fsp3) is 0.400. The van der Waals surface area contributed by atoms with E-state index in [1.165, 1.54) is 6.92 Å². The Morgan fingerprint density at radius 2 is 2.21 bits per heavy atom. The topological polar surface area (TPSA) is 120 Å². The number of rotatable bonds is 6. The van der Waals surface area contributed by atoms with E-state index in [4.69, 9.17) is 5.73 Å². The van der Waals surface area contributed by atoms with Gasteiger partial charge in [0.1, 0.15) is 11.9 Å². The number of nitriles is 1. The zero-order valence-electron chi connectivity index (χ0n) is 16.2. The summed E-state index contributed by atoms with van der Waals surface area (Å²) >= 11 is 0. The van der Waals surface area contributed by atoms with Crippen molar-refractivity contribution in [3.63, 3.8) is 0 Å². The van der Waals surface area contributed by atoms with Crippen LogP contribution in [0.2, 0.25) is 0 Å². The third-order valence-electron chi connectivity index (χ3n) is 4.62. The number of anilines is 4. The summed E-state index contributed by atoms with van der Waals surface area (Å²) in [6, 6.07) is 9.40. The first-order chi connectivity index (χ1) is 13.5. The van der Waals surface area contributed by atoms with Gasteiger partial charge in [0.25, 0.3) is 0 Å². The minimum absolute atomic E-state index is 0.0137. The average Bonchev–Trinajstić information content (AvgIpc) is 3.11. The standard InChI is InChI=1S/C20H25N7O/c1-3-4-15-10-19(27-8-7-17(12-27)23-13(2)28)26-20(24-15)25-16-5-6-18(22)14(9-16)11-21/h5-6,9-10,17H,3-4,7-8,12,22H2,1-2H3,(H,23,28)(H,24,25,26). The summed E-state index contributed by atoms with van der Waals surface area (Å²) in [5, 5.41) is 15.3. The first kappa shape index (κ1) is 19.4. The maximum atomic E-state index is 11.3. The van der Waals surface area contributed by atoms with E-state index in [0.29, 0.717) is 22.9 Å². The van der Waals surface area contributed by atoms with Crippen LogP contribution < -0.4 is 21.3 Å². The van der Waals surface area contributed by atoms with E-state index >= 15 is 0 Å². The lowest BCUT2D eigenvalue weighted by atomic mass is 10.2. The van der Waals surface area contributed by atoms with Crippen LogP contribution in [0.1, 0.15) is 37.9 Å². The molecule has 0 aliphatic carbocycles. The molecule has 3 rings (SSSR count). The highest BCUT2D eigenvalue weighted by Crippen LogP contribution is 2.24. The first-order valence-corrected chi connectivity index (χ1v) is 9.45. The fourth-order valence-electron chi connectivity index (χ4n) is 3.32. The second kappa shape index (κ2) is 8.57. The van der Waals surface area contributed by atoms with Gasteiger partial charge in [-0.1, -0.05) is 13.3 Å². The van der Waals surface area contributed by atoms with Crippen LogP contribution >= 0.6 is 0 Å². The predicted octanol–water partition coefficient (Wildman–Crippen LogP) is 2.34. The maximum Gasteiger partial charge on any atom is 0.229 e. The molecular weight excluding hydrogens is 354 g/mol. The molecule has 0 spiro atoms. The number of benzene rings is 1. The number of carbonyl (C=O) groups is 1. The molecule has 28 heavy (non-hydrogen) atoms. The minimum Gasteiger partial charge on any atom is -0.398 e. The highest BCUT2D eigenvalue weighted by atomic mass is 16.1. The molecule has 1 saturated heterocycles. The Morgan fingerprint density at radius 1 is 1.39 bits per heavy atom. The van der Waals surface area contributed by atoms with Crippen LogP contribution in [0.15, 0.2) is 24.3 Å². The molecule has 1 aliphatic rings. The molecule has 8 heteroatoms. The van der Waals surface area contributed by atoms with Crippen molar-refractivity contribution < 1.29 is 4.79 Å². The summed E-state index contributed by atoms with van der Waals surface area (Å²) in [7, 11) is 0. The number of hydrogen-bond acceptors (Lipinski definition) is 7. The Balaban J connectivity index is 1.84. The first-order valence-electron chi connectivity index (χ1n) is 9.45. The van der Waals surface area contributed by atoms with Crippen LogP contribution in [-0.4, -0.2) is 35.0 Å². The SMILES string of the molecule is CCCc1cc(N2CCC(NC(C)=O)C2)nc(Nc2ccc(N)c(C#N)c2)n1. The van der Waals surface area contributed by atoms with Crippen molar-refractivity contribution in [2.24, 2.45) is 0 Å². The Morgan fingerprint density at radius 3 is 2.93 bits per heavy atom. The van der Waals surface area contributed by atoms with E-state index in [2.05, 4.69) is 38.5 Å². The molecule has 2 aromatic rings. The minimum atomic E-state index is -0.0137. The van der Waals surface area contributed by atoms with E-state index in [-0.39, 0.29) is 11.9 Å². The quantitative estimate of drug-likeness (QED) is 0.659. The predicted molar refractivity (Wildman–Crippen MR) is 109 cm³/mol. The molecule has 0 radical (unpaired) electrons. The number of carbonyl (C=O) groups excluding carboxylic acids is 1. The molecule has 1 atom stereocenters. The molecule has 0 saturated carbocycles. The fourth-order valence-corrected chi connectivity index (χ4v) is 3.32. The van der Waals surface area contributed by atoms with Gasteiger partial charge in [-0.2, -0.15) is 10.2 Å². The number of nitrogen functional groups attached to an aromatic ring is 1. The van der Waals surface area contributed by atoms with Crippen LogP contribution in [-0.2, 0) is 11.2 Å². The van der Waals surface area contributed by atoms with Crippen molar-refractivity contribution >= 4 is 29.0 Å². The molecule has 8 nitrogen and oxygen atoms in total. The normalized spacial score (nSPS) is 15.9. The number of aryl methyl sites for hydroxylation is 1. The molecule has 4 N–H and O–H groups in total. The molecule has 1 aromatic heterocycles.